The van der Waals surface area contributed by atoms with Crippen LogP contribution in [0.2, 0.25) is 5.02 Å². The highest BCUT2D eigenvalue weighted by molar-refractivity contribution is 6.32. The van der Waals surface area contributed by atoms with Gasteiger partial charge in [-0.25, -0.2) is 0 Å². The van der Waals surface area contributed by atoms with E-state index >= 15 is 0 Å². The van der Waals surface area contributed by atoms with Crippen molar-refractivity contribution in [1.82, 2.24) is 0 Å². The number of nitrogens with two attached hydrogens (primary N) is 1. The predicted molar refractivity (Wildman–Crippen MR) is 108 cm³/mol. The third kappa shape index (κ3) is 3.06. The van der Waals surface area contributed by atoms with E-state index in [9.17, 15) is 14.4 Å². The summed E-state index contributed by atoms with van der Waals surface area (Å²) in [6.45, 7) is 0. The molecule has 1 aliphatic rings. The SMILES string of the molecule is Nc1cccc2c1C(=O)c1cccc(NC(=O)Cc3ccc(Cl)cc3)c1C2=O. The van der Waals surface area contributed by atoms with E-state index in [1.165, 1.54) is 0 Å². The first-order valence-electron chi connectivity index (χ1n) is 8.61. The van der Waals surface area contributed by atoms with Gasteiger partial charge < -0.3 is 11.1 Å². The van der Waals surface area contributed by atoms with Gasteiger partial charge in [-0.05, 0) is 29.8 Å². The second-order valence-electron chi connectivity index (χ2n) is 6.51. The lowest BCUT2D eigenvalue weighted by atomic mass is 9.82. The Morgan fingerprint density at radius 3 is 2.18 bits per heavy atom. The quantitative estimate of drug-likeness (QED) is 0.519. The minimum absolute atomic E-state index is 0.118. The summed E-state index contributed by atoms with van der Waals surface area (Å²) in [6, 6.07) is 16.5. The zero-order valence-electron chi connectivity index (χ0n) is 14.7. The molecule has 0 spiro atoms. The van der Waals surface area contributed by atoms with E-state index in [0.29, 0.717) is 10.7 Å². The molecular formula is C22H15ClN2O3. The Morgan fingerprint density at radius 1 is 0.857 bits per heavy atom. The van der Waals surface area contributed by atoms with Gasteiger partial charge in [0.25, 0.3) is 0 Å². The van der Waals surface area contributed by atoms with Crippen molar-refractivity contribution in [3.63, 3.8) is 0 Å². The van der Waals surface area contributed by atoms with E-state index in [1.807, 2.05) is 0 Å². The molecule has 28 heavy (non-hydrogen) atoms. The molecule has 0 fully saturated rings. The van der Waals surface area contributed by atoms with Gasteiger partial charge in [-0.1, -0.05) is 48.0 Å². The van der Waals surface area contributed by atoms with E-state index in [0.717, 1.165) is 5.56 Å². The molecule has 5 nitrogen and oxygen atoms in total. The van der Waals surface area contributed by atoms with Gasteiger partial charge in [-0.15, -0.1) is 0 Å². The summed E-state index contributed by atoms with van der Waals surface area (Å²) >= 11 is 5.86. The number of nitrogen functional groups attached to an aromatic ring is 1. The van der Waals surface area contributed by atoms with Gasteiger partial charge in [0, 0.05) is 21.8 Å². The van der Waals surface area contributed by atoms with Crippen molar-refractivity contribution >= 4 is 40.4 Å². The van der Waals surface area contributed by atoms with Gasteiger partial charge in [-0.3, -0.25) is 14.4 Å². The first kappa shape index (κ1) is 17.9. The summed E-state index contributed by atoms with van der Waals surface area (Å²) in [4.78, 5) is 38.4. The molecule has 0 heterocycles. The summed E-state index contributed by atoms with van der Waals surface area (Å²) in [7, 11) is 0. The van der Waals surface area contributed by atoms with Crippen LogP contribution in [0, 0.1) is 0 Å². The predicted octanol–water partition coefficient (Wildman–Crippen LogP) is 3.88. The molecule has 3 aromatic carbocycles. The van der Waals surface area contributed by atoms with Crippen molar-refractivity contribution in [1.29, 1.82) is 0 Å². The Hall–Kier alpha value is -3.44. The third-order valence-corrected chi connectivity index (χ3v) is 4.91. The van der Waals surface area contributed by atoms with Crippen LogP contribution in [0.15, 0.2) is 60.7 Å². The standard InChI is InChI=1S/C22H15ClN2O3/c23-13-9-7-12(8-10-13)11-18(26)25-17-6-2-4-15-20(17)22(28)14-3-1-5-16(24)19(14)21(15)27/h1-10H,11,24H2,(H,25,26). The molecule has 0 saturated carbocycles. The zero-order chi connectivity index (χ0) is 19.8. The molecule has 4 rings (SSSR count). The number of fused-ring (bicyclic) bond motifs is 2. The van der Waals surface area contributed by atoms with Crippen LogP contribution in [0.4, 0.5) is 11.4 Å². The molecule has 0 bridgehead atoms. The molecular weight excluding hydrogens is 376 g/mol. The van der Waals surface area contributed by atoms with E-state index in [4.69, 9.17) is 17.3 Å². The molecule has 0 aliphatic heterocycles. The van der Waals surface area contributed by atoms with Crippen LogP contribution < -0.4 is 11.1 Å². The lowest BCUT2D eigenvalue weighted by molar-refractivity contribution is -0.115. The van der Waals surface area contributed by atoms with Crippen LogP contribution in [0.5, 0.6) is 0 Å². The lowest BCUT2D eigenvalue weighted by Gasteiger charge is -2.21. The number of rotatable bonds is 3. The van der Waals surface area contributed by atoms with Gasteiger partial charge in [0.05, 0.1) is 23.2 Å². The number of nitrogens with one attached hydrogen (secondary N) is 1. The first-order chi connectivity index (χ1) is 13.5. The highest BCUT2D eigenvalue weighted by atomic mass is 35.5. The summed E-state index contributed by atoms with van der Waals surface area (Å²) in [5.74, 6) is -0.954. The number of amides is 1. The van der Waals surface area contributed by atoms with Crippen LogP contribution in [0.25, 0.3) is 0 Å². The number of carbonyl (C=O) groups is 3. The second kappa shape index (κ2) is 6.94. The number of halogens is 1. The molecule has 1 amide bonds. The Kier molecular flexibility index (Phi) is 4.45. The molecule has 3 aromatic rings. The van der Waals surface area contributed by atoms with E-state index < -0.39 is 0 Å². The normalized spacial score (nSPS) is 12.3. The lowest BCUT2D eigenvalue weighted by Crippen LogP contribution is -2.25. The number of benzene rings is 3. The van der Waals surface area contributed by atoms with Crippen LogP contribution in [-0.4, -0.2) is 17.5 Å². The summed E-state index contributed by atoms with van der Waals surface area (Å²) in [5, 5.41) is 3.34. The maximum atomic E-state index is 13.0. The van der Waals surface area contributed by atoms with Crippen molar-refractivity contribution in [2.24, 2.45) is 0 Å². The molecule has 138 valence electrons. The van der Waals surface area contributed by atoms with Crippen LogP contribution >= 0.6 is 11.6 Å². The fourth-order valence-corrected chi connectivity index (χ4v) is 3.48. The smallest absolute Gasteiger partial charge is 0.228 e. The van der Waals surface area contributed by atoms with E-state index in [2.05, 4.69) is 5.32 Å². The van der Waals surface area contributed by atoms with Crippen molar-refractivity contribution < 1.29 is 14.4 Å². The maximum absolute atomic E-state index is 13.0. The summed E-state index contributed by atoms with van der Waals surface area (Å²) < 4.78 is 0. The number of anilines is 2. The summed E-state index contributed by atoms with van der Waals surface area (Å²) in [6.07, 6.45) is 0.118. The van der Waals surface area contributed by atoms with Gasteiger partial charge in [0.1, 0.15) is 0 Å². The Bertz CT molecular complexity index is 1140. The van der Waals surface area contributed by atoms with Crippen LogP contribution in [-0.2, 0) is 11.2 Å². The largest absolute Gasteiger partial charge is 0.398 e. The minimum Gasteiger partial charge on any atom is -0.398 e. The molecule has 1 aliphatic carbocycles. The van der Waals surface area contributed by atoms with Crippen molar-refractivity contribution in [3.05, 3.63) is 93.5 Å². The first-order valence-corrected chi connectivity index (χ1v) is 8.98. The third-order valence-electron chi connectivity index (χ3n) is 4.66. The topological polar surface area (TPSA) is 89.3 Å². The minimum atomic E-state index is -0.334. The van der Waals surface area contributed by atoms with Crippen molar-refractivity contribution in [2.75, 3.05) is 11.1 Å². The fraction of sp³-hybridized carbons (Fsp3) is 0.0455. The number of hydrogen-bond donors (Lipinski definition) is 2. The molecule has 6 heteroatoms. The molecule has 0 radical (unpaired) electrons. The Labute approximate surface area is 166 Å². The number of hydrogen-bond acceptors (Lipinski definition) is 4. The highest BCUT2D eigenvalue weighted by Gasteiger charge is 2.33. The van der Waals surface area contributed by atoms with Gasteiger partial charge in [0.2, 0.25) is 5.91 Å². The number of ketones is 2. The number of carbonyl (C=O) groups excluding carboxylic acids is 3. The Balaban J connectivity index is 1.68. The summed E-state index contributed by atoms with van der Waals surface area (Å²) in [5.41, 5.74) is 8.16. The second-order valence-corrected chi connectivity index (χ2v) is 6.94. The van der Waals surface area contributed by atoms with Gasteiger partial charge in [-0.2, -0.15) is 0 Å². The molecule has 0 atom stereocenters. The maximum Gasteiger partial charge on any atom is 0.228 e. The zero-order valence-corrected chi connectivity index (χ0v) is 15.4. The molecule has 0 aromatic heterocycles. The Morgan fingerprint density at radius 2 is 1.46 bits per heavy atom. The fourth-order valence-electron chi connectivity index (χ4n) is 3.35. The van der Waals surface area contributed by atoms with E-state index in [-0.39, 0.29) is 51.8 Å². The average Bonchev–Trinajstić information content (AvgIpc) is 2.67. The van der Waals surface area contributed by atoms with Crippen molar-refractivity contribution in [3.8, 4) is 0 Å². The average molecular weight is 391 g/mol. The van der Waals surface area contributed by atoms with Gasteiger partial charge >= 0.3 is 0 Å². The van der Waals surface area contributed by atoms with Crippen molar-refractivity contribution in [2.45, 2.75) is 6.42 Å². The molecule has 3 N–H and O–H groups in total. The van der Waals surface area contributed by atoms with Crippen LogP contribution in [0.1, 0.15) is 37.4 Å². The molecule has 0 saturated heterocycles. The van der Waals surface area contributed by atoms with E-state index in [1.54, 1.807) is 60.7 Å². The monoisotopic (exact) mass is 390 g/mol. The highest BCUT2D eigenvalue weighted by Crippen LogP contribution is 2.34. The van der Waals surface area contributed by atoms with Gasteiger partial charge in [0.15, 0.2) is 11.6 Å². The molecule has 0 unspecified atom stereocenters. The van der Waals surface area contributed by atoms with Crippen LogP contribution in [0.3, 0.4) is 0 Å².